The molecule has 5 aromatic carbocycles. The van der Waals surface area contributed by atoms with E-state index in [0.29, 0.717) is 0 Å². The Bertz CT molecular complexity index is 2280. The van der Waals surface area contributed by atoms with Gasteiger partial charge in [0.05, 0.1) is 17.6 Å². The van der Waals surface area contributed by atoms with Crippen molar-refractivity contribution in [1.29, 1.82) is 0 Å². The number of hydrogen-bond donors (Lipinski definition) is 12. The molecule has 0 radical (unpaired) electrons. The van der Waals surface area contributed by atoms with Crippen LogP contribution in [0, 0.1) is 0 Å². The summed E-state index contributed by atoms with van der Waals surface area (Å²) < 4.78 is 18.4. The van der Waals surface area contributed by atoms with Crippen molar-refractivity contribution in [3.05, 3.63) is 100 Å². The molecule has 5 aromatic rings. The van der Waals surface area contributed by atoms with Crippen molar-refractivity contribution in [3.63, 3.8) is 0 Å². The number of rotatable bonds is 5. The van der Waals surface area contributed by atoms with Crippen molar-refractivity contribution in [2.24, 2.45) is 0 Å². The highest BCUT2D eigenvalue weighted by atomic mass is 16.6. The summed E-state index contributed by atoms with van der Waals surface area (Å²) in [5.74, 6) is -10.4. The molecule has 16 nitrogen and oxygen atoms in total. The van der Waals surface area contributed by atoms with E-state index in [1.54, 1.807) is 0 Å². The zero-order chi connectivity index (χ0) is 38.0. The molecule has 12 N–H and O–H groups in total. The minimum absolute atomic E-state index is 0.0341. The van der Waals surface area contributed by atoms with Crippen LogP contribution in [0.5, 0.6) is 74.7 Å². The van der Waals surface area contributed by atoms with Gasteiger partial charge in [0.15, 0.2) is 52.5 Å². The third kappa shape index (κ3) is 5.85. The summed E-state index contributed by atoms with van der Waals surface area (Å²) in [4.78, 5) is 13.8. The van der Waals surface area contributed by atoms with Crippen molar-refractivity contribution < 1.29 is 80.3 Å². The second kappa shape index (κ2) is 12.6. The summed E-state index contributed by atoms with van der Waals surface area (Å²) in [6, 6.07) is 11.7. The lowest BCUT2D eigenvalue weighted by Gasteiger charge is -2.41. The maximum absolute atomic E-state index is 13.8. The minimum atomic E-state index is -1.72. The molecule has 0 amide bonds. The number of esters is 1. The number of ether oxygens (including phenoxy) is 3. The molecule has 0 fully saturated rings. The lowest BCUT2D eigenvalue weighted by molar-refractivity contribution is -0.0285. The quantitative estimate of drug-likeness (QED) is 0.0899. The van der Waals surface area contributed by atoms with Gasteiger partial charge in [-0.1, -0.05) is 12.1 Å². The monoisotopic (exact) mass is 730 g/mol. The fraction of sp³-hybridized carbons (Fsp3) is 0.162. The zero-order valence-corrected chi connectivity index (χ0v) is 26.9. The molecule has 2 heterocycles. The molecular weight excluding hydrogens is 700 g/mol. The van der Waals surface area contributed by atoms with E-state index in [1.807, 2.05) is 0 Å². The number of aromatic hydroxyl groups is 11. The number of aliphatic hydroxyl groups is 1. The van der Waals surface area contributed by atoms with E-state index in [2.05, 4.69) is 0 Å². The highest BCUT2D eigenvalue weighted by molar-refractivity contribution is 5.91. The molecule has 274 valence electrons. The number of benzene rings is 5. The third-order valence-corrected chi connectivity index (χ3v) is 9.20. The Morgan fingerprint density at radius 1 is 0.585 bits per heavy atom. The van der Waals surface area contributed by atoms with Crippen LogP contribution in [0.2, 0.25) is 0 Å². The van der Waals surface area contributed by atoms with E-state index in [4.69, 9.17) is 14.2 Å². The molecule has 2 aliphatic heterocycles. The van der Waals surface area contributed by atoms with Crippen LogP contribution < -0.4 is 9.47 Å². The normalized spacial score (nSPS) is 20.4. The molecule has 0 aromatic heterocycles. The number of aliphatic hydroxyl groups excluding tert-OH is 1. The lowest BCUT2D eigenvalue weighted by Crippen LogP contribution is -2.39. The predicted molar refractivity (Wildman–Crippen MR) is 178 cm³/mol. The van der Waals surface area contributed by atoms with E-state index in [9.17, 15) is 66.1 Å². The van der Waals surface area contributed by atoms with E-state index < -0.39 is 105 Å². The average Bonchev–Trinajstić information content (AvgIpc) is 3.09. The van der Waals surface area contributed by atoms with Crippen molar-refractivity contribution in [2.75, 3.05) is 0 Å². The van der Waals surface area contributed by atoms with Gasteiger partial charge in [0.2, 0.25) is 0 Å². The number of hydrogen-bond acceptors (Lipinski definition) is 16. The van der Waals surface area contributed by atoms with E-state index in [0.717, 1.165) is 54.6 Å². The fourth-order valence-electron chi connectivity index (χ4n) is 6.73. The van der Waals surface area contributed by atoms with Gasteiger partial charge in [0, 0.05) is 46.9 Å². The summed E-state index contributed by atoms with van der Waals surface area (Å²) in [6.45, 7) is 0. The minimum Gasteiger partial charge on any atom is -0.508 e. The van der Waals surface area contributed by atoms with E-state index in [1.165, 1.54) is 12.1 Å². The number of phenols is 11. The van der Waals surface area contributed by atoms with Crippen LogP contribution in [0.1, 0.15) is 56.3 Å². The van der Waals surface area contributed by atoms with Gasteiger partial charge in [0.25, 0.3) is 0 Å². The molecule has 53 heavy (non-hydrogen) atoms. The Hall–Kier alpha value is -7.07. The molecule has 16 heteroatoms. The molecular formula is C37H30O16. The summed E-state index contributed by atoms with van der Waals surface area (Å²) in [7, 11) is 0. The topological polar surface area (TPSA) is 288 Å². The molecule has 7 rings (SSSR count). The molecule has 0 aliphatic carbocycles. The van der Waals surface area contributed by atoms with Gasteiger partial charge >= 0.3 is 5.97 Å². The standard InChI is InChI=1S/C37H30O16/c38-16-9-23(44)29-28(10-16)51-34(14-2-4-19(40)22(43)6-14)36(53-37(50)15-7-25(46)32(49)26(47)8-15)31(29)30-24(45)12-20(41)17-11-27(48)33(52-35(17)30)13-1-3-18(39)21(42)5-13/h1-10,12,27,31,33-34,36,38-49H,11H2/t27-,31?,33+,34+,36-/m0/s1. The highest BCUT2D eigenvalue weighted by Gasteiger charge is 2.49. The van der Waals surface area contributed by atoms with Crippen molar-refractivity contribution in [3.8, 4) is 74.7 Å². The first-order valence-corrected chi connectivity index (χ1v) is 15.8. The molecule has 0 saturated carbocycles. The third-order valence-electron chi connectivity index (χ3n) is 9.20. The van der Waals surface area contributed by atoms with Gasteiger partial charge in [0.1, 0.15) is 40.6 Å². The van der Waals surface area contributed by atoms with E-state index in [-0.39, 0.29) is 45.7 Å². The van der Waals surface area contributed by atoms with Crippen LogP contribution in [-0.2, 0) is 11.2 Å². The molecule has 2 aliphatic rings. The lowest BCUT2D eigenvalue weighted by atomic mass is 9.77. The Labute approximate surface area is 297 Å². The predicted octanol–water partition coefficient (Wildman–Crippen LogP) is 3.98. The maximum Gasteiger partial charge on any atom is 0.338 e. The smallest absolute Gasteiger partial charge is 0.338 e. The zero-order valence-electron chi connectivity index (χ0n) is 26.9. The first-order chi connectivity index (χ1) is 25.1. The van der Waals surface area contributed by atoms with Crippen LogP contribution in [0.15, 0.2) is 66.7 Å². The largest absolute Gasteiger partial charge is 0.508 e. The molecule has 0 bridgehead atoms. The van der Waals surface area contributed by atoms with Gasteiger partial charge in [-0.2, -0.15) is 0 Å². The second-order valence-corrected chi connectivity index (χ2v) is 12.6. The van der Waals surface area contributed by atoms with Crippen LogP contribution >= 0.6 is 0 Å². The fourth-order valence-corrected chi connectivity index (χ4v) is 6.73. The number of carbonyl (C=O) groups is 1. The van der Waals surface area contributed by atoms with Crippen LogP contribution in [0.3, 0.4) is 0 Å². The van der Waals surface area contributed by atoms with Crippen molar-refractivity contribution in [1.82, 2.24) is 0 Å². The van der Waals surface area contributed by atoms with Crippen molar-refractivity contribution >= 4 is 5.97 Å². The Balaban J connectivity index is 1.48. The number of fused-ring (bicyclic) bond motifs is 2. The van der Waals surface area contributed by atoms with Gasteiger partial charge < -0.3 is 75.5 Å². The Kier molecular flexibility index (Phi) is 8.18. The van der Waals surface area contributed by atoms with Gasteiger partial charge in [-0.05, 0) is 42.0 Å². The average molecular weight is 731 g/mol. The van der Waals surface area contributed by atoms with E-state index >= 15 is 0 Å². The first kappa shape index (κ1) is 34.4. The number of carbonyl (C=O) groups excluding carboxylic acids is 1. The summed E-state index contributed by atoms with van der Waals surface area (Å²) in [5, 5.41) is 126. The summed E-state index contributed by atoms with van der Waals surface area (Å²) in [5.41, 5.74) is -0.728. The van der Waals surface area contributed by atoms with Crippen LogP contribution in [-0.4, -0.2) is 79.5 Å². The van der Waals surface area contributed by atoms with Crippen molar-refractivity contribution in [2.45, 2.75) is 36.8 Å². The first-order valence-electron chi connectivity index (χ1n) is 15.8. The molecule has 5 atom stereocenters. The highest BCUT2D eigenvalue weighted by Crippen LogP contribution is 2.58. The van der Waals surface area contributed by atoms with Gasteiger partial charge in [-0.15, -0.1) is 0 Å². The summed E-state index contributed by atoms with van der Waals surface area (Å²) in [6.07, 6.45) is -6.19. The Morgan fingerprint density at radius 2 is 1.17 bits per heavy atom. The molecule has 1 unspecified atom stereocenters. The second-order valence-electron chi connectivity index (χ2n) is 12.6. The Morgan fingerprint density at radius 3 is 1.77 bits per heavy atom. The summed E-state index contributed by atoms with van der Waals surface area (Å²) >= 11 is 0. The molecule has 0 saturated heterocycles. The van der Waals surface area contributed by atoms with Crippen LogP contribution in [0.25, 0.3) is 0 Å². The van der Waals surface area contributed by atoms with Gasteiger partial charge in [-0.25, -0.2) is 4.79 Å². The number of phenolic OH excluding ortho intramolecular Hbond substituents is 11. The molecule has 0 spiro atoms. The van der Waals surface area contributed by atoms with Gasteiger partial charge in [-0.3, -0.25) is 0 Å². The van der Waals surface area contributed by atoms with Crippen LogP contribution in [0.4, 0.5) is 0 Å². The maximum atomic E-state index is 13.8. The SMILES string of the molecule is O=C(O[C@H]1C(c2c(O)cc(O)c3c2O[C@H](c2ccc(O)c(O)c2)[C@@H](O)C3)c2c(O)cc(O)cc2O[C@@H]1c1ccc(O)c(O)c1)c1cc(O)c(O)c(O)c1.